The molecule has 21 heavy (non-hydrogen) atoms. The second-order valence-corrected chi connectivity index (χ2v) is 4.76. The highest BCUT2D eigenvalue weighted by Gasteiger charge is 2.32. The molecule has 2 aromatic carbocycles. The van der Waals surface area contributed by atoms with Gasteiger partial charge in [0.25, 0.3) is 0 Å². The number of aryl methyl sites for hydroxylation is 1. The van der Waals surface area contributed by atoms with E-state index in [1.807, 2.05) is 24.3 Å². The third-order valence-corrected chi connectivity index (χ3v) is 3.20. The van der Waals surface area contributed by atoms with Crippen LogP contribution in [0.5, 0.6) is 0 Å². The number of anilines is 2. The number of para-hydroxylation sites is 2. The normalized spacial score (nSPS) is 11.8. The molecule has 3 rings (SSSR count). The summed E-state index contributed by atoms with van der Waals surface area (Å²) in [5.74, 6) is 0.410. The summed E-state index contributed by atoms with van der Waals surface area (Å²) < 4.78 is 38.7. The minimum atomic E-state index is -4.37. The highest BCUT2D eigenvalue weighted by Crippen LogP contribution is 2.34. The largest absolute Gasteiger partial charge is 0.416 e. The minimum Gasteiger partial charge on any atom is -0.326 e. The van der Waals surface area contributed by atoms with Gasteiger partial charge in [0.05, 0.1) is 16.6 Å². The molecule has 0 radical (unpaired) electrons. The molecule has 6 heteroatoms. The summed E-state index contributed by atoms with van der Waals surface area (Å²) in [6.45, 7) is 1.44. The third kappa shape index (κ3) is 2.69. The third-order valence-electron chi connectivity index (χ3n) is 3.20. The van der Waals surface area contributed by atoms with Crippen LogP contribution in [0.25, 0.3) is 11.0 Å². The number of hydrogen-bond donors (Lipinski definition) is 2. The van der Waals surface area contributed by atoms with E-state index in [1.165, 1.54) is 13.0 Å². The van der Waals surface area contributed by atoms with Crippen molar-refractivity contribution in [3.63, 3.8) is 0 Å². The van der Waals surface area contributed by atoms with Crippen molar-refractivity contribution >= 4 is 22.7 Å². The Morgan fingerprint density at radius 2 is 1.86 bits per heavy atom. The molecule has 3 nitrogen and oxygen atoms in total. The number of halogens is 3. The number of rotatable bonds is 2. The number of hydrogen-bond acceptors (Lipinski definition) is 2. The van der Waals surface area contributed by atoms with E-state index in [9.17, 15) is 13.2 Å². The number of benzene rings is 2. The standard InChI is InChI=1S/C15H12F3N3/c1-9-6-7-10(8-11(9)15(16,17)18)19-14-20-12-4-2-3-5-13(12)21-14/h2-8H,1H3,(H2,19,20,21). The van der Waals surface area contributed by atoms with E-state index < -0.39 is 11.7 Å². The number of nitrogens with zero attached hydrogens (tertiary/aromatic N) is 1. The van der Waals surface area contributed by atoms with Crippen molar-refractivity contribution in [2.45, 2.75) is 13.1 Å². The molecule has 0 saturated heterocycles. The van der Waals surface area contributed by atoms with Crippen LogP contribution in [-0.4, -0.2) is 9.97 Å². The molecule has 0 atom stereocenters. The molecule has 3 aromatic rings. The molecule has 108 valence electrons. The monoisotopic (exact) mass is 291 g/mol. The van der Waals surface area contributed by atoms with Crippen molar-refractivity contribution in [2.75, 3.05) is 5.32 Å². The number of imidazole rings is 1. The van der Waals surface area contributed by atoms with Crippen LogP contribution in [0.2, 0.25) is 0 Å². The van der Waals surface area contributed by atoms with E-state index in [1.54, 1.807) is 6.07 Å². The number of fused-ring (bicyclic) bond motifs is 1. The maximum atomic E-state index is 12.9. The fourth-order valence-electron chi connectivity index (χ4n) is 2.15. The molecule has 0 unspecified atom stereocenters. The molecule has 0 aliphatic rings. The Bertz CT molecular complexity index is 757. The number of nitrogens with one attached hydrogen (secondary N) is 2. The van der Waals surface area contributed by atoms with Gasteiger partial charge in [-0.15, -0.1) is 0 Å². The van der Waals surface area contributed by atoms with Crippen molar-refractivity contribution in [1.29, 1.82) is 0 Å². The van der Waals surface area contributed by atoms with Gasteiger partial charge in [0.15, 0.2) is 0 Å². The van der Waals surface area contributed by atoms with Gasteiger partial charge in [-0.05, 0) is 36.8 Å². The maximum Gasteiger partial charge on any atom is 0.416 e. The van der Waals surface area contributed by atoms with Crippen LogP contribution < -0.4 is 5.32 Å². The summed E-state index contributed by atoms with van der Waals surface area (Å²) in [5, 5.41) is 2.87. The van der Waals surface area contributed by atoms with E-state index >= 15 is 0 Å². The van der Waals surface area contributed by atoms with Crippen LogP contribution in [0.1, 0.15) is 11.1 Å². The topological polar surface area (TPSA) is 40.7 Å². The number of aromatic amines is 1. The summed E-state index contributed by atoms with van der Waals surface area (Å²) in [5.41, 5.74) is 1.46. The predicted molar refractivity (Wildman–Crippen MR) is 75.6 cm³/mol. The van der Waals surface area contributed by atoms with Gasteiger partial charge in [0.1, 0.15) is 0 Å². The lowest BCUT2D eigenvalue weighted by Gasteiger charge is -2.12. The van der Waals surface area contributed by atoms with Crippen molar-refractivity contribution < 1.29 is 13.2 Å². The Hall–Kier alpha value is -2.50. The van der Waals surface area contributed by atoms with Crippen molar-refractivity contribution in [2.24, 2.45) is 0 Å². The molecule has 0 spiro atoms. The molecule has 1 heterocycles. The van der Waals surface area contributed by atoms with Crippen LogP contribution in [0.3, 0.4) is 0 Å². The summed E-state index contributed by atoms with van der Waals surface area (Å²) in [7, 11) is 0. The number of aromatic nitrogens is 2. The lowest BCUT2D eigenvalue weighted by molar-refractivity contribution is -0.138. The Kier molecular flexibility index (Phi) is 3.08. The zero-order chi connectivity index (χ0) is 15.0. The predicted octanol–water partition coefficient (Wildman–Crippen LogP) is 4.63. The van der Waals surface area contributed by atoms with Gasteiger partial charge in [0, 0.05) is 5.69 Å². The smallest absolute Gasteiger partial charge is 0.326 e. The summed E-state index contributed by atoms with van der Waals surface area (Å²) >= 11 is 0. The molecule has 1 aromatic heterocycles. The van der Waals surface area contributed by atoms with E-state index in [2.05, 4.69) is 15.3 Å². The first kappa shape index (κ1) is 13.5. The molecule has 0 amide bonds. The summed E-state index contributed by atoms with van der Waals surface area (Å²) in [6, 6.07) is 11.5. The van der Waals surface area contributed by atoms with Gasteiger partial charge >= 0.3 is 6.18 Å². The molecule has 0 bridgehead atoms. The first-order valence-corrected chi connectivity index (χ1v) is 6.33. The van der Waals surface area contributed by atoms with Crippen molar-refractivity contribution in [1.82, 2.24) is 9.97 Å². The van der Waals surface area contributed by atoms with Gasteiger partial charge in [0.2, 0.25) is 5.95 Å². The quantitative estimate of drug-likeness (QED) is 0.722. The van der Waals surface area contributed by atoms with Crippen LogP contribution in [-0.2, 0) is 6.18 Å². The van der Waals surface area contributed by atoms with Gasteiger partial charge < -0.3 is 10.3 Å². The summed E-state index contributed by atoms with van der Waals surface area (Å²) in [4.78, 5) is 7.29. The van der Waals surface area contributed by atoms with Gasteiger partial charge in [-0.25, -0.2) is 4.98 Å². The Balaban J connectivity index is 1.94. The first-order chi connectivity index (χ1) is 9.93. The van der Waals surface area contributed by atoms with Crippen LogP contribution in [0.4, 0.5) is 24.8 Å². The van der Waals surface area contributed by atoms with Gasteiger partial charge in [-0.3, -0.25) is 0 Å². The van der Waals surface area contributed by atoms with Crippen LogP contribution in [0.15, 0.2) is 42.5 Å². The average molecular weight is 291 g/mol. The first-order valence-electron chi connectivity index (χ1n) is 6.33. The van der Waals surface area contributed by atoms with E-state index in [4.69, 9.17) is 0 Å². The Labute approximate surface area is 118 Å². The minimum absolute atomic E-state index is 0.192. The van der Waals surface area contributed by atoms with Crippen molar-refractivity contribution in [3.05, 3.63) is 53.6 Å². The van der Waals surface area contributed by atoms with E-state index in [0.29, 0.717) is 11.6 Å². The SMILES string of the molecule is Cc1ccc(Nc2nc3ccccc3[nH]2)cc1C(F)(F)F. The fourth-order valence-corrected chi connectivity index (χ4v) is 2.15. The molecular weight excluding hydrogens is 279 g/mol. The highest BCUT2D eigenvalue weighted by molar-refractivity contribution is 5.78. The molecular formula is C15H12F3N3. The summed E-state index contributed by atoms with van der Waals surface area (Å²) in [6.07, 6.45) is -4.37. The van der Waals surface area contributed by atoms with E-state index in [0.717, 1.165) is 17.1 Å². The zero-order valence-corrected chi connectivity index (χ0v) is 11.1. The fraction of sp³-hybridized carbons (Fsp3) is 0.133. The van der Waals surface area contributed by atoms with Gasteiger partial charge in [-0.1, -0.05) is 18.2 Å². The number of alkyl halides is 3. The second kappa shape index (κ2) is 4.80. The van der Waals surface area contributed by atoms with Gasteiger partial charge in [-0.2, -0.15) is 13.2 Å². The zero-order valence-electron chi connectivity index (χ0n) is 11.1. The molecule has 0 fully saturated rings. The Morgan fingerprint density at radius 3 is 2.57 bits per heavy atom. The lowest BCUT2D eigenvalue weighted by Crippen LogP contribution is -2.08. The molecule has 0 saturated carbocycles. The molecule has 0 aliphatic carbocycles. The van der Waals surface area contributed by atoms with Crippen molar-refractivity contribution in [3.8, 4) is 0 Å². The molecule has 2 N–H and O–H groups in total. The Morgan fingerprint density at radius 1 is 1.10 bits per heavy atom. The lowest BCUT2D eigenvalue weighted by atomic mass is 10.1. The van der Waals surface area contributed by atoms with Crippen LogP contribution >= 0.6 is 0 Å². The molecule has 0 aliphatic heterocycles. The van der Waals surface area contributed by atoms with E-state index in [-0.39, 0.29) is 5.56 Å². The van der Waals surface area contributed by atoms with Crippen LogP contribution in [0, 0.1) is 6.92 Å². The average Bonchev–Trinajstić information content (AvgIpc) is 2.82. The highest BCUT2D eigenvalue weighted by atomic mass is 19.4. The maximum absolute atomic E-state index is 12.9. The number of H-pyrrole nitrogens is 1. The second-order valence-electron chi connectivity index (χ2n) is 4.76.